The molecule has 78 valence electrons. The van der Waals surface area contributed by atoms with E-state index in [1.165, 1.54) is 6.92 Å². The first-order valence-corrected chi connectivity index (χ1v) is 4.92. The second-order valence-electron chi connectivity index (χ2n) is 4.44. The van der Waals surface area contributed by atoms with E-state index in [4.69, 9.17) is 11.6 Å². The van der Waals surface area contributed by atoms with Gasteiger partial charge in [0, 0.05) is 6.42 Å². The molecular formula is C10H13ClO3. The van der Waals surface area contributed by atoms with Gasteiger partial charge in [0.1, 0.15) is 11.7 Å². The van der Waals surface area contributed by atoms with E-state index in [1.807, 2.05) is 0 Å². The summed E-state index contributed by atoms with van der Waals surface area (Å²) in [5, 5.41) is -0.742. The topological polar surface area (TPSA) is 51.2 Å². The average Bonchev–Trinajstić information content (AvgIpc) is 1.98. The summed E-state index contributed by atoms with van der Waals surface area (Å²) < 4.78 is 0. The predicted molar refractivity (Wildman–Crippen MR) is 52.2 cm³/mol. The Hall–Kier alpha value is -0.700. The number of ketones is 3. The highest BCUT2D eigenvalue weighted by Crippen LogP contribution is 2.37. The van der Waals surface area contributed by atoms with Gasteiger partial charge in [-0.15, -0.1) is 11.6 Å². The Kier molecular flexibility index (Phi) is 2.81. The Bertz CT molecular complexity index is 306. The van der Waals surface area contributed by atoms with Crippen LogP contribution in [0.3, 0.4) is 0 Å². The van der Waals surface area contributed by atoms with Crippen molar-refractivity contribution < 1.29 is 14.4 Å². The highest BCUT2D eigenvalue weighted by Gasteiger charge is 2.48. The van der Waals surface area contributed by atoms with Gasteiger partial charge in [-0.25, -0.2) is 0 Å². The zero-order chi connectivity index (χ0) is 11.1. The molecule has 0 radical (unpaired) electrons. The lowest BCUT2D eigenvalue weighted by Crippen LogP contribution is -2.49. The Morgan fingerprint density at radius 2 is 1.93 bits per heavy atom. The van der Waals surface area contributed by atoms with Crippen molar-refractivity contribution in [2.75, 3.05) is 0 Å². The zero-order valence-corrected chi connectivity index (χ0v) is 9.22. The summed E-state index contributed by atoms with van der Waals surface area (Å²) in [5.41, 5.74) is -0.540. The monoisotopic (exact) mass is 216 g/mol. The van der Waals surface area contributed by atoms with Crippen molar-refractivity contribution in [3.63, 3.8) is 0 Å². The predicted octanol–water partition coefficient (Wildman–Crippen LogP) is 1.37. The number of hydrogen-bond acceptors (Lipinski definition) is 3. The van der Waals surface area contributed by atoms with E-state index >= 15 is 0 Å². The minimum absolute atomic E-state index is 0.192. The molecule has 0 aromatic rings. The molecule has 0 spiro atoms. The van der Waals surface area contributed by atoms with Gasteiger partial charge in [0.15, 0.2) is 11.6 Å². The number of Topliss-reactive ketones (excluding diaryl/α,β-unsaturated/α-hetero) is 3. The lowest BCUT2D eigenvalue weighted by atomic mass is 9.70. The zero-order valence-electron chi connectivity index (χ0n) is 8.46. The Balaban J connectivity index is 3.03. The second kappa shape index (κ2) is 3.46. The number of halogens is 1. The highest BCUT2D eigenvalue weighted by atomic mass is 35.5. The third kappa shape index (κ3) is 1.73. The molecule has 4 heteroatoms. The molecule has 0 N–H and O–H groups in total. The van der Waals surface area contributed by atoms with Gasteiger partial charge in [-0.1, -0.05) is 13.8 Å². The second-order valence-corrected chi connectivity index (χ2v) is 4.88. The summed E-state index contributed by atoms with van der Waals surface area (Å²) in [6.07, 6.45) is 0.192. The van der Waals surface area contributed by atoms with E-state index in [0.717, 1.165) is 0 Å². The van der Waals surface area contributed by atoms with E-state index < -0.39 is 28.3 Å². The lowest BCUT2D eigenvalue weighted by molar-refractivity contribution is -0.144. The Labute approximate surface area is 87.8 Å². The first kappa shape index (κ1) is 11.4. The molecule has 1 fully saturated rings. The SMILES string of the molecule is CC(=O)[C@H]1C(=O)CC(C)(C)[C@@H](Cl)C1=O. The number of rotatable bonds is 1. The van der Waals surface area contributed by atoms with Crippen molar-refractivity contribution in [1.29, 1.82) is 0 Å². The number of hydrogen-bond donors (Lipinski definition) is 0. The first-order chi connectivity index (χ1) is 6.27. The van der Waals surface area contributed by atoms with Crippen LogP contribution in [0.25, 0.3) is 0 Å². The number of carbonyl (C=O) groups excluding carboxylic acids is 3. The Morgan fingerprint density at radius 3 is 2.36 bits per heavy atom. The fourth-order valence-electron chi connectivity index (χ4n) is 1.76. The molecule has 1 saturated carbocycles. The summed E-state index contributed by atoms with van der Waals surface area (Å²) >= 11 is 5.91. The maximum Gasteiger partial charge on any atom is 0.169 e. The molecule has 1 aliphatic carbocycles. The fourth-order valence-corrected chi connectivity index (χ4v) is 1.96. The third-order valence-corrected chi connectivity index (χ3v) is 3.38. The van der Waals surface area contributed by atoms with Gasteiger partial charge in [0.05, 0.1) is 5.38 Å². The van der Waals surface area contributed by atoms with Crippen LogP contribution in [-0.2, 0) is 14.4 Å². The molecule has 1 rings (SSSR count). The van der Waals surface area contributed by atoms with Crippen molar-refractivity contribution >= 4 is 29.0 Å². The molecule has 3 nitrogen and oxygen atoms in total. The van der Waals surface area contributed by atoms with Crippen LogP contribution in [0.5, 0.6) is 0 Å². The molecule has 0 bridgehead atoms. The van der Waals surface area contributed by atoms with Gasteiger partial charge in [0.25, 0.3) is 0 Å². The summed E-state index contributed by atoms with van der Waals surface area (Å²) in [7, 11) is 0. The van der Waals surface area contributed by atoms with E-state index in [1.54, 1.807) is 13.8 Å². The van der Waals surface area contributed by atoms with Gasteiger partial charge < -0.3 is 0 Å². The normalized spacial score (nSPS) is 31.7. The van der Waals surface area contributed by atoms with Gasteiger partial charge in [-0.05, 0) is 12.3 Å². The molecule has 0 unspecified atom stereocenters. The van der Waals surface area contributed by atoms with Gasteiger partial charge >= 0.3 is 0 Å². The molecule has 0 saturated heterocycles. The molecule has 1 aliphatic rings. The van der Waals surface area contributed by atoms with Crippen LogP contribution in [0.1, 0.15) is 27.2 Å². The van der Waals surface area contributed by atoms with Crippen LogP contribution in [0.4, 0.5) is 0 Å². The molecular weight excluding hydrogens is 204 g/mol. The third-order valence-electron chi connectivity index (χ3n) is 2.58. The van der Waals surface area contributed by atoms with Crippen LogP contribution in [-0.4, -0.2) is 22.7 Å². The van der Waals surface area contributed by atoms with Crippen molar-refractivity contribution in [3.05, 3.63) is 0 Å². The first-order valence-electron chi connectivity index (χ1n) is 4.48. The van der Waals surface area contributed by atoms with E-state index in [0.29, 0.717) is 0 Å². The highest BCUT2D eigenvalue weighted by molar-refractivity contribution is 6.38. The van der Waals surface area contributed by atoms with Gasteiger partial charge in [-0.3, -0.25) is 14.4 Å². The molecule has 2 atom stereocenters. The summed E-state index contributed by atoms with van der Waals surface area (Å²) in [5.74, 6) is -2.27. The fraction of sp³-hybridized carbons (Fsp3) is 0.700. The summed E-state index contributed by atoms with van der Waals surface area (Å²) in [4.78, 5) is 34.2. The van der Waals surface area contributed by atoms with Crippen LogP contribution in [0.2, 0.25) is 0 Å². The molecule has 0 amide bonds. The smallest absolute Gasteiger partial charge is 0.169 e. The number of alkyl halides is 1. The Morgan fingerprint density at radius 1 is 1.43 bits per heavy atom. The van der Waals surface area contributed by atoms with Crippen molar-refractivity contribution in [1.82, 2.24) is 0 Å². The molecule has 14 heavy (non-hydrogen) atoms. The van der Waals surface area contributed by atoms with Crippen LogP contribution in [0, 0.1) is 11.3 Å². The van der Waals surface area contributed by atoms with Gasteiger partial charge in [0.2, 0.25) is 0 Å². The van der Waals surface area contributed by atoms with Crippen molar-refractivity contribution in [3.8, 4) is 0 Å². The molecule has 0 aromatic carbocycles. The maximum absolute atomic E-state index is 11.6. The van der Waals surface area contributed by atoms with Crippen LogP contribution in [0.15, 0.2) is 0 Å². The van der Waals surface area contributed by atoms with Crippen LogP contribution < -0.4 is 0 Å². The van der Waals surface area contributed by atoms with E-state index in [9.17, 15) is 14.4 Å². The summed E-state index contributed by atoms with van der Waals surface area (Å²) in [6.45, 7) is 4.77. The molecule has 0 heterocycles. The number of carbonyl (C=O) groups is 3. The molecule has 0 aromatic heterocycles. The average molecular weight is 217 g/mol. The van der Waals surface area contributed by atoms with Crippen molar-refractivity contribution in [2.45, 2.75) is 32.6 Å². The standard InChI is InChI=1S/C10H13ClO3/c1-5(12)7-6(13)4-10(2,3)9(11)8(7)14/h7,9H,4H2,1-3H3/t7-,9-/m0/s1. The minimum atomic E-state index is -1.12. The van der Waals surface area contributed by atoms with Crippen molar-refractivity contribution in [2.24, 2.45) is 11.3 Å². The quantitative estimate of drug-likeness (QED) is 0.491. The molecule has 0 aliphatic heterocycles. The van der Waals surface area contributed by atoms with E-state index in [2.05, 4.69) is 0 Å². The maximum atomic E-state index is 11.6. The minimum Gasteiger partial charge on any atom is -0.299 e. The largest absolute Gasteiger partial charge is 0.299 e. The van der Waals surface area contributed by atoms with E-state index in [-0.39, 0.29) is 12.2 Å². The van der Waals surface area contributed by atoms with Crippen LogP contribution >= 0.6 is 11.6 Å². The van der Waals surface area contributed by atoms with Gasteiger partial charge in [-0.2, -0.15) is 0 Å². The lowest BCUT2D eigenvalue weighted by Gasteiger charge is -2.35. The summed E-state index contributed by atoms with van der Waals surface area (Å²) in [6, 6.07) is 0.